The van der Waals surface area contributed by atoms with Gasteiger partial charge in [0.15, 0.2) is 16.7 Å². The molecule has 3 N–H and O–H groups in total. The van der Waals surface area contributed by atoms with Crippen LogP contribution >= 0.6 is 24.0 Å². The molecule has 1 aliphatic heterocycles. The summed E-state index contributed by atoms with van der Waals surface area (Å²) in [5.41, 5.74) is 3.87. The van der Waals surface area contributed by atoms with Crippen LogP contribution < -0.4 is 20.7 Å². The number of fused-ring (bicyclic) bond motifs is 1. The third-order valence-corrected chi connectivity index (χ3v) is 8.32. The number of hydrogen-bond acceptors (Lipinski definition) is 7. The Morgan fingerprint density at radius 1 is 1.05 bits per heavy atom. The van der Waals surface area contributed by atoms with E-state index in [1.54, 1.807) is 49.3 Å². The Balaban J connectivity index is 1.17. The molecule has 222 valence electrons. The quantitative estimate of drug-likeness (QED) is 0.133. The standard InChI is InChI=1S/C32H30F2N4O3S2/c1-40-15-14-35-19-20-6-8-21(9-7-20)29-18-26-31(43-29)28(12-13-36-26)41-27-11-10-23(17-25(27)34)37-32(42)38-30(39)16-22-4-2-3-5-24(22)33/h2-13,17,29,35H,14-16,18-19H2,1H3,(H2,37,38,39,42). The number of methoxy groups -OCH3 is 1. The number of nitrogens with one attached hydrogen (secondary N) is 3. The van der Waals surface area contributed by atoms with Gasteiger partial charge in [0, 0.05) is 55.9 Å². The number of hydrogen-bond donors (Lipinski definition) is 3. The van der Waals surface area contributed by atoms with E-state index < -0.39 is 17.5 Å². The number of aromatic nitrogens is 1. The minimum Gasteiger partial charge on any atom is -0.453 e. The highest BCUT2D eigenvalue weighted by molar-refractivity contribution is 8.00. The molecule has 7 nitrogen and oxygen atoms in total. The lowest BCUT2D eigenvalue weighted by atomic mass is 10.1. The number of thiocarbonyl (C=S) groups is 1. The van der Waals surface area contributed by atoms with Gasteiger partial charge in [0.2, 0.25) is 5.91 Å². The van der Waals surface area contributed by atoms with Crippen molar-refractivity contribution >= 4 is 40.7 Å². The van der Waals surface area contributed by atoms with Crippen LogP contribution in [0.5, 0.6) is 11.5 Å². The second kappa shape index (κ2) is 14.5. The van der Waals surface area contributed by atoms with Crippen LogP contribution in [0.15, 0.2) is 83.9 Å². The Kier molecular flexibility index (Phi) is 10.3. The molecule has 0 fully saturated rings. The van der Waals surface area contributed by atoms with Gasteiger partial charge in [-0.3, -0.25) is 9.78 Å². The van der Waals surface area contributed by atoms with Gasteiger partial charge in [-0.1, -0.05) is 42.5 Å². The molecule has 43 heavy (non-hydrogen) atoms. The molecule has 0 saturated heterocycles. The number of carbonyl (C=O) groups excluding carboxylic acids is 1. The molecule has 0 aliphatic carbocycles. The van der Waals surface area contributed by atoms with Crippen LogP contribution in [-0.2, 0) is 28.9 Å². The van der Waals surface area contributed by atoms with Gasteiger partial charge in [0.25, 0.3) is 0 Å². The van der Waals surface area contributed by atoms with Gasteiger partial charge in [-0.25, -0.2) is 8.78 Å². The van der Waals surface area contributed by atoms with E-state index in [0.717, 1.165) is 30.1 Å². The summed E-state index contributed by atoms with van der Waals surface area (Å²) in [5, 5.41) is 8.75. The molecule has 4 aromatic rings. The van der Waals surface area contributed by atoms with Crippen LogP contribution in [0.2, 0.25) is 0 Å². The summed E-state index contributed by atoms with van der Waals surface area (Å²) in [6, 6.07) is 20.6. The number of anilines is 1. The third-order valence-electron chi connectivity index (χ3n) is 6.72. The number of rotatable bonds is 11. The van der Waals surface area contributed by atoms with E-state index in [9.17, 15) is 9.18 Å². The molecule has 0 bridgehead atoms. The predicted molar refractivity (Wildman–Crippen MR) is 168 cm³/mol. The molecule has 11 heteroatoms. The summed E-state index contributed by atoms with van der Waals surface area (Å²) >= 11 is 6.83. The minimum absolute atomic E-state index is 0.0285. The van der Waals surface area contributed by atoms with E-state index >= 15 is 4.39 Å². The minimum atomic E-state index is -0.606. The lowest BCUT2D eigenvalue weighted by molar-refractivity contribution is -0.119. The van der Waals surface area contributed by atoms with E-state index in [2.05, 4.69) is 45.2 Å². The molecule has 0 spiro atoms. The molecule has 5 rings (SSSR count). The summed E-state index contributed by atoms with van der Waals surface area (Å²) in [6.07, 6.45) is 2.24. The van der Waals surface area contributed by atoms with Crippen molar-refractivity contribution in [2.75, 3.05) is 25.6 Å². The van der Waals surface area contributed by atoms with Crippen molar-refractivity contribution in [3.05, 3.63) is 113 Å². The monoisotopic (exact) mass is 620 g/mol. The highest BCUT2D eigenvalue weighted by Gasteiger charge is 2.28. The first-order valence-electron chi connectivity index (χ1n) is 13.6. The second-order valence-corrected chi connectivity index (χ2v) is 11.4. The molecule has 1 aromatic heterocycles. The molecule has 1 unspecified atom stereocenters. The summed E-state index contributed by atoms with van der Waals surface area (Å²) in [7, 11) is 1.69. The molecule has 1 aliphatic rings. The maximum absolute atomic E-state index is 15.1. The number of ether oxygens (including phenoxy) is 2. The zero-order valence-electron chi connectivity index (χ0n) is 23.4. The Hall–Kier alpha value is -3.90. The maximum atomic E-state index is 15.1. The van der Waals surface area contributed by atoms with E-state index in [1.165, 1.54) is 35.4 Å². The summed E-state index contributed by atoms with van der Waals surface area (Å²) in [5.74, 6) is -0.990. The number of nitrogens with zero attached hydrogens (tertiary/aromatic N) is 1. The number of benzene rings is 3. The van der Waals surface area contributed by atoms with E-state index in [0.29, 0.717) is 18.0 Å². The maximum Gasteiger partial charge on any atom is 0.230 e. The molecular weight excluding hydrogens is 591 g/mol. The van der Waals surface area contributed by atoms with Gasteiger partial charge in [-0.15, -0.1) is 11.8 Å². The van der Waals surface area contributed by atoms with Crippen molar-refractivity contribution < 1.29 is 23.0 Å². The molecule has 0 radical (unpaired) electrons. The molecule has 2 heterocycles. The first kappa shape index (κ1) is 30.6. The molecule has 0 saturated carbocycles. The number of halogens is 2. The molecule has 3 aromatic carbocycles. The predicted octanol–water partition coefficient (Wildman–Crippen LogP) is 6.33. The van der Waals surface area contributed by atoms with Crippen molar-refractivity contribution in [3.8, 4) is 11.5 Å². The Morgan fingerprint density at radius 3 is 2.63 bits per heavy atom. The van der Waals surface area contributed by atoms with Crippen LogP contribution in [0, 0.1) is 11.6 Å². The second-order valence-electron chi connectivity index (χ2n) is 9.82. The number of amides is 1. The fourth-order valence-corrected chi connectivity index (χ4v) is 6.10. The van der Waals surface area contributed by atoms with E-state index in [4.69, 9.17) is 21.7 Å². The molecule has 1 amide bonds. The van der Waals surface area contributed by atoms with Gasteiger partial charge in [0.05, 0.1) is 23.6 Å². The Labute approximate surface area is 258 Å². The summed E-state index contributed by atoms with van der Waals surface area (Å²) in [6.45, 7) is 2.24. The normalized spacial score (nSPS) is 13.8. The SMILES string of the molecule is COCCNCc1ccc(C2Cc3nccc(Oc4ccc(NC(=S)NC(=O)Cc5ccccc5F)cc4F)c3S2)cc1. The van der Waals surface area contributed by atoms with Gasteiger partial charge in [0.1, 0.15) is 11.6 Å². The van der Waals surface area contributed by atoms with Crippen LogP contribution in [-0.4, -0.2) is 36.3 Å². The Bertz CT molecular complexity index is 1600. The third kappa shape index (κ3) is 8.14. The average Bonchev–Trinajstić information content (AvgIpc) is 3.44. The van der Waals surface area contributed by atoms with Crippen molar-refractivity contribution in [2.45, 2.75) is 29.5 Å². The number of carbonyl (C=O) groups is 1. The zero-order valence-corrected chi connectivity index (χ0v) is 25.0. The average molecular weight is 621 g/mol. The number of thioether (sulfide) groups is 1. The van der Waals surface area contributed by atoms with Gasteiger partial charge in [-0.2, -0.15) is 0 Å². The molecular formula is C32H30F2N4O3S2. The van der Waals surface area contributed by atoms with Crippen LogP contribution in [0.3, 0.4) is 0 Å². The first-order chi connectivity index (χ1) is 20.9. The van der Waals surface area contributed by atoms with Crippen molar-refractivity contribution in [1.82, 2.24) is 15.6 Å². The van der Waals surface area contributed by atoms with Crippen molar-refractivity contribution in [1.29, 1.82) is 0 Å². The van der Waals surface area contributed by atoms with E-state index in [1.807, 2.05) is 0 Å². The van der Waals surface area contributed by atoms with Crippen LogP contribution in [0.4, 0.5) is 14.5 Å². The van der Waals surface area contributed by atoms with Crippen LogP contribution in [0.25, 0.3) is 0 Å². The molecule has 1 atom stereocenters. The first-order valence-corrected chi connectivity index (χ1v) is 14.9. The number of pyridine rings is 1. The largest absolute Gasteiger partial charge is 0.453 e. The fraction of sp³-hybridized carbons (Fsp3) is 0.219. The summed E-state index contributed by atoms with van der Waals surface area (Å²) in [4.78, 5) is 17.7. The topological polar surface area (TPSA) is 84.5 Å². The van der Waals surface area contributed by atoms with Gasteiger partial charge >= 0.3 is 0 Å². The summed E-state index contributed by atoms with van der Waals surface area (Å²) < 4.78 is 40.0. The van der Waals surface area contributed by atoms with Crippen molar-refractivity contribution in [2.24, 2.45) is 0 Å². The highest BCUT2D eigenvalue weighted by Crippen LogP contribution is 2.50. The van der Waals surface area contributed by atoms with E-state index in [-0.39, 0.29) is 28.1 Å². The lowest BCUT2D eigenvalue weighted by Gasteiger charge is -2.13. The Morgan fingerprint density at radius 2 is 1.86 bits per heavy atom. The van der Waals surface area contributed by atoms with Gasteiger partial charge < -0.3 is 25.4 Å². The van der Waals surface area contributed by atoms with Crippen LogP contribution in [0.1, 0.15) is 27.6 Å². The van der Waals surface area contributed by atoms with Gasteiger partial charge in [-0.05, 0) is 47.1 Å². The van der Waals surface area contributed by atoms with Crippen molar-refractivity contribution in [3.63, 3.8) is 0 Å². The smallest absolute Gasteiger partial charge is 0.230 e. The zero-order chi connectivity index (χ0) is 30.2. The fourth-order valence-electron chi connectivity index (χ4n) is 4.55. The lowest BCUT2D eigenvalue weighted by Crippen LogP contribution is -2.35. The highest BCUT2D eigenvalue weighted by atomic mass is 32.2.